The van der Waals surface area contributed by atoms with Crippen molar-refractivity contribution in [2.24, 2.45) is 0 Å². The lowest BCUT2D eigenvalue weighted by atomic mass is 9.97. The zero-order valence-corrected chi connectivity index (χ0v) is 18.9. The van der Waals surface area contributed by atoms with E-state index in [-0.39, 0.29) is 28.3 Å². The fraction of sp³-hybridized carbons (Fsp3) is 0.360. The van der Waals surface area contributed by atoms with E-state index in [1.165, 1.54) is 12.1 Å². The summed E-state index contributed by atoms with van der Waals surface area (Å²) in [5.74, 6) is -0.362. The molecule has 0 N–H and O–H groups in total. The van der Waals surface area contributed by atoms with Crippen LogP contribution >= 0.6 is 0 Å². The first kappa shape index (κ1) is 22.2. The second kappa shape index (κ2) is 9.00. The molecule has 0 saturated carbocycles. The van der Waals surface area contributed by atoms with Crippen molar-refractivity contribution in [2.45, 2.75) is 19.4 Å². The average molecular weight is 463 g/mol. The Labute approximate surface area is 195 Å². The fourth-order valence-corrected chi connectivity index (χ4v) is 4.75. The van der Waals surface area contributed by atoms with Crippen LogP contribution in [0.5, 0.6) is 0 Å². The average Bonchev–Trinajstić information content (AvgIpc) is 3.15. The van der Waals surface area contributed by atoms with Gasteiger partial charge in [0.2, 0.25) is 5.76 Å². The highest BCUT2D eigenvalue weighted by molar-refractivity contribution is 5.99. The van der Waals surface area contributed by atoms with Crippen molar-refractivity contribution < 1.29 is 18.9 Å². The van der Waals surface area contributed by atoms with Crippen molar-refractivity contribution in [3.8, 4) is 0 Å². The number of amides is 1. The number of fused-ring (bicyclic) bond motifs is 2. The predicted octanol–water partition coefficient (Wildman–Crippen LogP) is 3.14. The molecule has 9 heteroatoms. The van der Waals surface area contributed by atoms with Crippen molar-refractivity contribution in [3.63, 3.8) is 0 Å². The molecule has 2 aromatic carbocycles. The van der Waals surface area contributed by atoms with Gasteiger partial charge in [0.1, 0.15) is 5.58 Å². The summed E-state index contributed by atoms with van der Waals surface area (Å²) in [5.41, 5.74) is 1.74. The summed E-state index contributed by atoms with van der Waals surface area (Å²) in [5, 5.41) is 11.8. The van der Waals surface area contributed by atoms with Gasteiger partial charge in [-0.3, -0.25) is 24.6 Å². The van der Waals surface area contributed by atoms with Crippen LogP contribution in [-0.4, -0.2) is 60.0 Å². The summed E-state index contributed by atoms with van der Waals surface area (Å²) in [7, 11) is 0. The molecule has 1 fully saturated rings. The topological polar surface area (TPSA) is 106 Å². The maximum Gasteiger partial charge on any atom is 0.290 e. The smallest absolute Gasteiger partial charge is 0.290 e. The zero-order valence-electron chi connectivity index (χ0n) is 18.9. The zero-order chi connectivity index (χ0) is 23.8. The summed E-state index contributed by atoms with van der Waals surface area (Å²) < 4.78 is 11.4. The largest absolute Gasteiger partial charge is 0.450 e. The molecule has 1 unspecified atom stereocenters. The Hall–Kier alpha value is -3.56. The van der Waals surface area contributed by atoms with Crippen LogP contribution in [0.15, 0.2) is 51.7 Å². The van der Waals surface area contributed by atoms with Gasteiger partial charge in [-0.1, -0.05) is 25.1 Å². The van der Waals surface area contributed by atoms with E-state index in [0.717, 1.165) is 25.1 Å². The molecule has 1 amide bonds. The predicted molar refractivity (Wildman–Crippen MR) is 125 cm³/mol. The molecule has 9 nitrogen and oxygen atoms in total. The molecule has 1 saturated heterocycles. The molecule has 176 valence electrons. The molecule has 3 aromatic rings. The van der Waals surface area contributed by atoms with Crippen LogP contribution < -0.4 is 5.43 Å². The van der Waals surface area contributed by atoms with Crippen molar-refractivity contribution >= 4 is 22.6 Å². The molecule has 5 rings (SSSR count). The second-order valence-corrected chi connectivity index (χ2v) is 8.57. The normalized spacial score (nSPS) is 18.4. The molecule has 1 atom stereocenters. The monoisotopic (exact) mass is 463 g/mol. The number of nitrogens with zero attached hydrogens (tertiary/aromatic N) is 3. The van der Waals surface area contributed by atoms with Gasteiger partial charge in [-0.25, -0.2) is 0 Å². The minimum Gasteiger partial charge on any atom is -0.450 e. The van der Waals surface area contributed by atoms with Crippen molar-refractivity contribution in [1.29, 1.82) is 0 Å². The van der Waals surface area contributed by atoms with E-state index in [1.807, 2.05) is 13.0 Å². The maximum atomic E-state index is 13.7. The molecular formula is C25H25N3O6. The molecule has 1 aromatic heterocycles. The van der Waals surface area contributed by atoms with Gasteiger partial charge in [0.25, 0.3) is 11.6 Å². The number of benzene rings is 2. The molecule has 0 bridgehead atoms. The Kier molecular flexibility index (Phi) is 5.89. The van der Waals surface area contributed by atoms with Gasteiger partial charge >= 0.3 is 0 Å². The standard InChI is InChI=1S/C25H25N3O6/c1-2-16-6-7-20-19(14-16)23(29)21-22(17-4-3-5-18(15-17)28(31)32)27(25(30)24(21)34-20)9-8-26-10-12-33-13-11-26/h3-7,14-15,22H,2,8-13H2,1H3. The Morgan fingerprint density at radius 3 is 2.62 bits per heavy atom. The number of nitro benzene ring substituents is 1. The van der Waals surface area contributed by atoms with Crippen molar-refractivity contribution in [3.05, 3.63) is 85.3 Å². The Bertz CT molecular complexity index is 1330. The molecule has 2 aliphatic heterocycles. The highest BCUT2D eigenvalue weighted by Gasteiger charge is 2.43. The van der Waals surface area contributed by atoms with E-state index in [1.54, 1.807) is 29.2 Å². The first-order chi connectivity index (χ1) is 16.5. The lowest BCUT2D eigenvalue weighted by Crippen LogP contribution is -2.42. The van der Waals surface area contributed by atoms with E-state index in [4.69, 9.17) is 9.15 Å². The maximum absolute atomic E-state index is 13.7. The van der Waals surface area contributed by atoms with Gasteiger partial charge in [0.05, 0.1) is 35.1 Å². The van der Waals surface area contributed by atoms with E-state index < -0.39 is 11.0 Å². The van der Waals surface area contributed by atoms with Crippen molar-refractivity contribution in [1.82, 2.24) is 9.80 Å². The van der Waals surface area contributed by atoms with Crippen LogP contribution in [0, 0.1) is 10.1 Å². The van der Waals surface area contributed by atoms with E-state index in [2.05, 4.69) is 4.90 Å². The number of nitro groups is 1. The number of carbonyl (C=O) groups is 1. The number of non-ortho nitro benzene ring substituents is 1. The van der Waals surface area contributed by atoms with Gasteiger partial charge in [-0.2, -0.15) is 0 Å². The highest BCUT2D eigenvalue weighted by Crippen LogP contribution is 2.39. The molecule has 34 heavy (non-hydrogen) atoms. The summed E-state index contributed by atoms with van der Waals surface area (Å²) >= 11 is 0. The Balaban J connectivity index is 1.63. The fourth-order valence-electron chi connectivity index (χ4n) is 4.75. The van der Waals surface area contributed by atoms with Gasteiger partial charge in [-0.15, -0.1) is 0 Å². The minimum atomic E-state index is -0.755. The number of aryl methyl sites for hydroxylation is 1. The summed E-state index contributed by atoms with van der Waals surface area (Å²) in [6.07, 6.45) is 0.755. The number of hydrogen-bond donors (Lipinski definition) is 0. The number of morpholine rings is 1. The number of hydrogen-bond acceptors (Lipinski definition) is 7. The first-order valence-corrected chi connectivity index (χ1v) is 11.4. The van der Waals surface area contributed by atoms with Crippen LogP contribution in [0.4, 0.5) is 5.69 Å². The highest BCUT2D eigenvalue weighted by atomic mass is 16.6. The van der Waals surface area contributed by atoms with Crippen LogP contribution in [0.3, 0.4) is 0 Å². The molecule has 3 heterocycles. The number of ether oxygens (including phenoxy) is 1. The Morgan fingerprint density at radius 2 is 1.88 bits per heavy atom. The molecular weight excluding hydrogens is 438 g/mol. The summed E-state index contributed by atoms with van der Waals surface area (Å²) in [6, 6.07) is 10.8. The second-order valence-electron chi connectivity index (χ2n) is 8.57. The minimum absolute atomic E-state index is 0.0141. The summed E-state index contributed by atoms with van der Waals surface area (Å²) in [6.45, 7) is 5.74. The first-order valence-electron chi connectivity index (χ1n) is 11.4. The van der Waals surface area contributed by atoms with E-state index in [0.29, 0.717) is 42.8 Å². The lowest BCUT2D eigenvalue weighted by Gasteiger charge is -2.31. The van der Waals surface area contributed by atoms with Crippen LogP contribution in [-0.2, 0) is 11.2 Å². The molecule has 0 spiro atoms. The lowest BCUT2D eigenvalue weighted by molar-refractivity contribution is -0.384. The van der Waals surface area contributed by atoms with Gasteiger partial charge in [0.15, 0.2) is 5.43 Å². The molecule has 0 radical (unpaired) electrons. The van der Waals surface area contributed by atoms with Crippen molar-refractivity contribution in [2.75, 3.05) is 39.4 Å². The molecule has 0 aliphatic carbocycles. The molecule has 2 aliphatic rings. The summed E-state index contributed by atoms with van der Waals surface area (Å²) in [4.78, 5) is 41.9. The van der Waals surface area contributed by atoms with Gasteiger partial charge in [-0.05, 0) is 29.7 Å². The van der Waals surface area contributed by atoms with E-state index >= 15 is 0 Å². The number of carbonyl (C=O) groups excluding carboxylic acids is 1. The quantitative estimate of drug-likeness (QED) is 0.408. The van der Waals surface area contributed by atoms with Gasteiger partial charge in [0, 0.05) is 38.3 Å². The van der Waals surface area contributed by atoms with Crippen LogP contribution in [0.2, 0.25) is 0 Å². The third kappa shape index (κ3) is 3.86. The number of rotatable bonds is 6. The van der Waals surface area contributed by atoms with Crippen LogP contribution in [0.1, 0.15) is 40.2 Å². The van der Waals surface area contributed by atoms with Crippen LogP contribution in [0.25, 0.3) is 11.0 Å². The third-order valence-electron chi connectivity index (χ3n) is 6.60. The SMILES string of the molecule is CCc1ccc2oc3c(c(=O)c2c1)C(c1cccc([N+](=O)[O-])c1)N(CCN1CCOCC1)C3=O. The van der Waals surface area contributed by atoms with Gasteiger partial charge < -0.3 is 14.1 Å². The third-order valence-corrected chi connectivity index (χ3v) is 6.60. The Morgan fingerprint density at radius 1 is 1.09 bits per heavy atom. The van der Waals surface area contributed by atoms with E-state index in [9.17, 15) is 19.7 Å².